The molecule has 0 unspecified atom stereocenters. The van der Waals surface area contributed by atoms with Crippen molar-refractivity contribution in [3.63, 3.8) is 0 Å². The van der Waals surface area contributed by atoms with Crippen molar-refractivity contribution in [3.05, 3.63) is 28.2 Å². The van der Waals surface area contributed by atoms with Gasteiger partial charge in [-0.2, -0.15) is 0 Å². The second-order valence-corrected chi connectivity index (χ2v) is 5.66. The number of benzene rings is 1. The molecule has 17 heavy (non-hydrogen) atoms. The summed E-state index contributed by atoms with van der Waals surface area (Å²) in [6.45, 7) is 7.38. The first-order valence-corrected chi connectivity index (χ1v) is 6.18. The van der Waals surface area contributed by atoms with Gasteiger partial charge in [-0.1, -0.05) is 6.07 Å². The van der Waals surface area contributed by atoms with Crippen LogP contribution in [-0.4, -0.2) is 18.2 Å². The molecule has 1 rings (SSSR count). The minimum absolute atomic E-state index is 0.0844. The molecule has 0 atom stereocenters. The van der Waals surface area contributed by atoms with Gasteiger partial charge in [0.25, 0.3) is 0 Å². The van der Waals surface area contributed by atoms with Crippen LogP contribution in [0.2, 0.25) is 0 Å². The molecular weight excluding hydrogens is 284 g/mol. The zero-order valence-corrected chi connectivity index (χ0v) is 12.1. The molecule has 0 aliphatic carbocycles. The van der Waals surface area contributed by atoms with E-state index in [0.717, 1.165) is 10.0 Å². The van der Waals surface area contributed by atoms with Gasteiger partial charge < -0.3 is 9.47 Å². The summed E-state index contributed by atoms with van der Waals surface area (Å²) in [5.74, 6) is 0.270. The predicted octanol–water partition coefficient (Wildman–Crippen LogP) is 3.48. The molecule has 0 spiro atoms. The van der Waals surface area contributed by atoms with Crippen LogP contribution < -0.4 is 4.74 Å². The molecule has 94 valence electrons. The van der Waals surface area contributed by atoms with E-state index in [1.807, 2.05) is 45.9 Å². The maximum Gasteiger partial charge on any atom is 0.344 e. The predicted molar refractivity (Wildman–Crippen MR) is 70.2 cm³/mol. The lowest BCUT2D eigenvalue weighted by molar-refractivity contribution is -0.157. The minimum Gasteiger partial charge on any atom is -0.481 e. The largest absolute Gasteiger partial charge is 0.481 e. The van der Waals surface area contributed by atoms with Crippen LogP contribution in [-0.2, 0) is 9.53 Å². The van der Waals surface area contributed by atoms with Gasteiger partial charge in [0.15, 0.2) is 6.61 Å². The first-order chi connectivity index (χ1) is 7.78. The van der Waals surface area contributed by atoms with E-state index >= 15 is 0 Å². The molecule has 4 heteroatoms. The average molecular weight is 301 g/mol. The topological polar surface area (TPSA) is 35.5 Å². The summed E-state index contributed by atoms with van der Waals surface area (Å²) in [7, 11) is 0. The highest BCUT2D eigenvalue weighted by Gasteiger charge is 2.16. The Hall–Kier alpha value is -1.03. The SMILES string of the molecule is Cc1ccc(OCC(=O)OC(C)(C)C)c(Br)c1. The van der Waals surface area contributed by atoms with Crippen LogP contribution in [0.15, 0.2) is 22.7 Å². The van der Waals surface area contributed by atoms with Gasteiger partial charge in [0.05, 0.1) is 4.47 Å². The van der Waals surface area contributed by atoms with E-state index in [1.54, 1.807) is 0 Å². The van der Waals surface area contributed by atoms with E-state index in [9.17, 15) is 4.79 Å². The van der Waals surface area contributed by atoms with Gasteiger partial charge in [0.2, 0.25) is 0 Å². The lowest BCUT2D eigenvalue weighted by Crippen LogP contribution is -2.27. The molecule has 0 aromatic heterocycles. The summed E-state index contributed by atoms with van der Waals surface area (Å²) >= 11 is 3.38. The Kier molecular flexibility index (Phi) is 4.57. The van der Waals surface area contributed by atoms with Crippen molar-refractivity contribution in [1.82, 2.24) is 0 Å². The van der Waals surface area contributed by atoms with Crippen LogP contribution in [0.3, 0.4) is 0 Å². The molecule has 1 aromatic carbocycles. The number of esters is 1. The van der Waals surface area contributed by atoms with Gasteiger partial charge >= 0.3 is 5.97 Å². The van der Waals surface area contributed by atoms with Crippen molar-refractivity contribution in [1.29, 1.82) is 0 Å². The molecule has 0 saturated carbocycles. The second kappa shape index (κ2) is 5.54. The van der Waals surface area contributed by atoms with Crippen molar-refractivity contribution in [2.75, 3.05) is 6.61 Å². The molecule has 0 heterocycles. The molecular formula is C13H17BrO3. The summed E-state index contributed by atoms with van der Waals surface area (Å²) in [5.41, 5.74) is 0.645. The van der Waals surface area contributed by atoms with Gasteiger partial charge in [0, 0.05) is 0 Å². The molecule has 1 aromatic rings. The molecule has 0 aliphatic heterocycles. The zero-order valence-electron chi connectivity index (χ0n) is 10.5. The molecule has 0 N–H and O–H groups in total. The fraction of sp³-hybridized carbons (Fsp3) is 0.462. The highest BCUT2D eigenvalue weighted by Crippen LogP contribution is 2.25. The van der Waals surface area contributed by atoms with Crippen LogP contribution in [0.4, 0.5) is 0 Å². The number of carbonyl (C=O) groups is 1. The van der Waals surface area contributed by atoms with Gasteiger partial charge in [-0.3, -0.25) is 0 Å². The number of rotatable bonds is 3. The Balaban J connectivity index is 2.53. The average Bonchev–Trinajstić information content (AvgIpc) is 2.13. The third kappa shape index (κ3) is 5.22. The third-order valence-corrected chi connectivity index (χ3v) is 2.47. The van der Waals surface area contributed by atoms with Gasteiger partial charge in [-0.25, -0.2) is 4.79 Å². The zero-order chi connectivity index (χ0) is 13.1. The van der Waals surface area contributed by atoms with Crippen LogP contribution >= 0.6 is 15.9 Å². The van der Waals surface area contributed by atoms with Crippen molar-refractivity contribution >= 4 is 21.9 Å². The summed E-state index contributed by atoms with van der Waals surface area (Å²) in [4.78, 5) is 11.4. The first-order valence-electron chi connectivity index (χ1n) is 5.39. The minimum atomic E-state index is -0.481. The molecule has 0 bridgehead atoms. The van der Waals surface area contributed by atoms with Gasteiger partial charge in [-0.05, 0) is 61.3 Å². The highest BCUT2D eigenvalue weighted by atomic mass is 79.9. The van der Waals surface area contributed by atoms with Gasteiger partial charge in [0.1, 0.15) is 11.4 Å². The van der Waals surface area contributed by atoms with Crippen LogP contribution in [0.5, 0.6) is 5.75 Å². The Morgan fingerprint density at radius 3 is 2.53 bits per heavy atom. The van der Waals surface area contributed by atoms with Crippen LogP contribution in [0, 0.1) is 6.92 Å². The fourth-order valence-electron chi connectivity index (χ4n) is 1.23. The van der Waals surface area contributed by atoms with Crippen molar-refractivity contribution in [2.45, 2.75) is 33.3 Å². The monoisotopic (exact) mass is 300 g/mol. The molecule has 3 nitrogen and oxygen atoms in total. The van der Waals surface area contributed by atoms with E-state index in [2.05, 4.69) is 15.9 Å². The normalized spacial score (nSPS) is 11.1. The molecule has 0 amide bonds. The number of ether oxygens (including phenoxy) is 2. The summed E-state index contributed by atoms with van der Waals surface area (Å²) < 4.78 is 11.4. The number of hydrogen-bond donors (Lipinski definition) is 0. The fourth-order valence-corrected chi connectivity index (χ4v) is 1.84. The van der Waals surface area contributed by atoms with Crippen molar-refractivity contribution < 1.29 is 14.3 Å². The van der Waals surface area contributed by atoms with Gasteiger partial charge in [-0.15, -0.1) is 0 Å². The Bertz CT molecular complexity index is 408. The van der Waals surface area contributed by atoms with Crippen LogP contribution in [0.1, 0.15) is 26.3 Å². The molecule has 0 saturated heterocycles. The van der Waals surface area contributed by atoms with E-state index in [-0.39, 0.29) is 12.6 Å². The quantitative estimate of drug-likeness (QED) is 0.802. The van der Waals surface area contributed by atoms with Crippen LogP contribution in [0.25, 0.3) is 0 Å². The summed E-state index contributed by atoms with van der Waals surface area (Å²) in [5, 5.41) is 0. The standard InChI is InChI=1S/C13H17BrO3/c1-9-5-6-11(10(14)7-9)16-8-12(15)17-13(2,3)4/h5-7H,8H2,1-4H3. The van der Waals surface area contributed by atoms with E-state index in [4.69, 9.17) is 9.47 Å². The first kappa shape index (κ1) is 14.0. The lowest BCUT2D eigenvalue weighted by Gasteiger charge is -2.19. The number of carbonyl (C=O) groups excluding carboxylic acids is 1. The van der Waals surface area contributed by atoms with E-state index in [1.165, 1.54) is 0 Å². The number of halogens is 1. The maximum atomic E-state index is 11.4. The van der Waals surface area contributed by atoms with E-state index in [0.29, 0.717) is 5.75 Å². The highest BCUT2D eigenvalue weighted by molar-refractivity contribution is 9.10. The third-order valence-electron chi connectivity index (χ3n) is 1.85. The Morgan fingerprint density at radius 2 is 2.00 bits per heavy atom. The number of hydrogen-bond acceptors (Lipinski definition) is 3. The van der Waals surface area contributed by atoms with Crippen molar-refractivity contribution in [3.8, 4) is 5.75 Å². The molecule has 0 radical (unpaired) electrons. The summed E-state index contributed by atoms with van der Waals surface area (Å²) in [6, 6.07) is 5.68. The van der Waals surface area contributed by atoms with Crippen molar-refractivity contribution in [2.24, 2.45) is 0 Å². The Morgan fingerprint density at radius 1 is 1.35 bits per heavy atom. The second-order valence-electron chi connectivity index (χ2n) is 4.81. The number of aryl methyl sites for hydroxylation is 1. The Labute approximate surface area is 110 Å². The van der Waals surface area contributed by atoms with E-state index < -0.39 is 5.60 Å². The lowest BCUT2D eigenvalue weighted by atomic mass is 10.2. The smallest absolute Gasteiger partial charge is 0.344 e. The molecule has 0 aliphatic rings. The summed E-state index contributed by atoms with van der Waals surface area (Å²) in [6.07, 6.45) is 0. The maximum absolute atomic E-state index is 11.4. The molecule has 0 fully saturated rings.